The van der Waals surface area contributed by atoms with Crippen molar-refractivity contribution in [3.8, 4) is 17.0 Å². The molecule has 2 heterocycles. The molecule has 1 fully saturated rings. The lowest BCUT2D eigenvalue weighted by Gasteiger charge is -2.29. The van der Waals surface area contributed by atoms with Crippen molar-refractivity contribution in [3.05, 3.63) is 30.3 Å². The van der Waals surface area contributed by atoms with E-state index in [4.69, 9.17) is 5.73 Å². The lowest BCUT2D eigenvalue weighted by molar-refractivity contribution is 0.477. The van der Waals surface area contributed by atoms with Gasteiger partial charge in [-0.15, -0.1) is 10.2 Å². The molecule has 1 aliphatic rings. The first-order valence-electron chi connectivity index (χ1n) is 6.66. The number of nitrogens with zero attached hydrogens (tertiary/aromatic N) is 3. The molecule has 0 spiro atoms. The Morgan fingerprint density at radius 2 is 1.90 bits per heavy atom. The third-order valence-corrected chi connectivity index (χ3v) is 4.78. The molecule has 1 aromatic heterocycles. The zero-order valence-corrected chi connectivity index (χ0v) is 12.2. The maximum atomic E-state index is 11.5. The van der Waals surface area contributed by atoms with Gasteiger partial charge in [0.25, 0.3) is 0 Å². The molecule has 0 amide bonds. The minimum absolute atomic E-state index is 0.155. The van der Waals surface area contributed by atoms with Crippen LogP contribution in [0.25, 0.3) is 11.3 Å². The molecular weight excluding hydrogens is 288 g/mol. The van der Waals surface area contributed by atoms with Gasteiger partial charge in [0.15, 0.2) is 5.82 Å². The Hall–Kier alpha value is -2.15. The summed E-state index contributed by atoms with van der Waals surface area (Å²) in [5.74, 6) is 1.77. The summed E-state index contributed by atoms with van der Waals surface area (Å²) in [6.07, 6.45) is 0. The fourth-order valence-electron chi connectivity index (χ4n) is 2.35. The number of nitrogen functional groups attached to an aromatic ring is 1. The van der Waals surface area contributed by atoms with Crippen LogP contribution >= 0.6 is 0 Å². The molecule has 21 heavy (non-hydrogen) atoms. The molecule has 1 aromatic carbocycles. The number of aromatic nitrogens is 2. The highest BCUT2D eigenvalue weighted by Crippen LogP contribution is 2.31. The number of anilines is 2. The monoisotopic (exact) mass is 304 g/mol. The second-order valence-corrected chi connectivity index (χ2v) is 6.55. The van der Waals surface area contributed by atoms with E-state index in [0.717, 1.165) is 5.69 Å². The van der Waals surface area contributed by atoms with Crippen LogP contribution in [0.4, 0.5) is 11.5 Å². The molecule has 0 bridgehead atoms. The summed E-state index contributed by atoms with van der Waals surface area (Å²) < 4.78 is 11.5. The number of hydrogen-bond acceptors (Lipinski definition) is 6. The van der Waals surface area contributed by atoms with Gasteiger partial charge in [-0.05, 0) is 18.2 Å². The lowest BCUT2D eigenvalue weighted by atomic mass is 10.1. The van der Waals surface area contributed by atoms with Gasteiger partial charge in [0, 0.05) is 41.0 Å². The Morgan fingerprint density at radius 1 is 1.19 bits per heavy atom. The number of rotatable bonds is 2. The second kappa shape index (κ2) is 5.69. The van der Waals surface area contributed by atoms with Crippen molar-refractivity contribution in [2.45, 2.75) is 0 Å². The van der Waals surface area contributed by atoms with Gasteiger partial charge >= 0.3 is 0 Å². The van der Waals surface area contributed by atoms with Crippen LogP contribution in [0, 0.1) is 0 Å². The number of nitrogens with two attached hydrogens (primary N) is 1. The predicted octanol–water partition coefficient (Wildman–Crippen LogP) is 1.00. The smallest absolute Gasteiger partial charge is 0.169 e. The largest absolute Gasteiger partial charge is 0.507 e. The Balaban J connectivity index is 1.97. The van der Waals surface area contributed by atoms with Crippen molar-refractivity contribution < 1.29 is 9.32 Å². The van der Waals surface area contributed by atoms with Gasteiger partial charge in [0.05, 0.1) is 11.4 Å². The first kappa shape index (κ1) is 13.8. The number of hydrogen-bond donors (Lipinski definition) is 2. The van der Waals surface area contributed by atoms with Crippen molar-refractivity contribution >= 4 is 22.3 Å². The Bertz CT molecular complexity index is 682. The van der Waals surface area contributed by atoms with Crippen molar-refractivity contribution in [1.29, 1.82) is 0 Å². The van der Waals surface area contributed by atoms with Crippen LogP contribution in [0.1, 0.15) is 0 Å². The molecule has 3 N–H and O–H groups in total. The number of phenols is 1. The molecule has 0 aliphatic carbocycles. The van der Waals surface area contributed by atoms with E-state index in [1.54, 1.807) is 18.2 Å². The Morgan fingerprint density at radius 3 is 2.62 bits per heavy atom. The topological polar surface area (TPSA) is 92.3 Å². The predicted molar refractivity (Wildman–Crippen MR) is 83.6 cm³/mol. The summed E-state index contributed by atoms with van der Waals surface area (Å²) in [5.41, 5.74) is 7.89. The Labute approximate surface area is 125 Å². The van der Waals surface area contributed by atoms with Gasteiger partial charge in [-0.1, -0.05) is 12.1 Å². The normalized spacial score (nSPS) is 16.1. The average Bonchev–Trinajstić information content (AvgIpc) is 2.50. The van der Waals surface area contributed by atoms with E-state index < -0.39 is 10.8 Å². The van der Waals surface area contributed by atoms with E-state index in [0.29, 0.717) is 41.7 Å². The summed E-state index contributed by atoms with van der Waals surface area (Å²) in [6.45, 7) is 1.37. The van der Waals surface area contributed by atoms with Gasteiger partial charge < -0.3 is 15.7 Å². The molecule has 1 saturated heterocycles. The van der Waals surface area contributed by atoms with E-state index in [1.165, 1.54) is 0 Å². The highest BCUT2D eigenvalue weighted by atomic mass is 32.2. The highest BCUT2D eigenvalue weighted by molar-refractivity contribution is 7.85. The van der Waals surface area contributed by atoms with Crippen LogP contribution < -0.4 is 10.6 Å². The third-order valence-electron chi connectivity index (χ3n) is 3.50. The molecule has 1 aliphatic heterocycles. The van der Waals surface area contributed by atoms with E-state index in [-0.39, 0.29) is 5.75 Å². The first-order chi connectivity index (χ1) is 10.1. The van der Waals surface area contributed by atoms with Gasteiger partial charge in [-0.2, -0.15) is 0 Å². The number of benzene rings is 1. The fourth-order valence-corrected chi connectivity index (χ4v) is 3.40. The van der Waals surface area contributed by atoms with E-state index in [9.17, 15) is 9.32 Å². The van der Waals surface area contributed by atoms with Crippen molar-refractivity contribution in [2.24, 2.45) is 0 Å². The number of para-hydroxylation sites is 1. The average molecular weight is 304 g/mol. The molecule has 0 unspecified atom stereocenters. The molecule has 2 aromatic rings. The van der Waals surface area contributed by atoms with Crippen LogP contribution in [0.5, 0.6) is 5.75 Å². The zero-order valence-electron chi connectivity index (χ0n) is 11.4. The van der Waals surface area contributed by atoms with Crippen molar-refractivity contribution in [1.82, 2.24) is 10.2 Å². The molecule has 0 atom stereocenters. The van der Waals surface area contributed by atoms with E-state index in [2.05, 4.69) is 15.1 Å². The summed E-state index contributed by atoms with van der Waals surface area (Å²) in [6, 6.07) is 8.80. The number of aromatic hydroxyl groups is 1. The SMILES string of the molecule is Nc1nnc(-c2ccccc2O)cc1N1CCS(=O)CC1. The summed E-state index contributed by atoms with van der Waals surface area (Å²) in [7, 11) is -0.745. The van der Waals surface area contributed by atoms with Crippen LogP contribution in [0.3, 0.4) is 0 Å². The number of phenolic OH excluding ortho intramolecular Hbond substituents is 1. The highest BCUT2D eigenvalue weighted by Gasteiger charge is 2.19. The molecule has 6 nitrogen and oxygen atoms in total. The summed E-state index contributed by atoms with van der Waals surface area (Å²) >= 11 is 0. The molecule has 0 saturated carbocycles. The molecular formula is C14H16N4O2S. The standard InChI is InChI=1S/C14H16N4O2S/c15-14-12(18-5-7-21(20)8-6-18)9-11(16-17-14)10-3-1-2-4-13(10)19/h1-4,9,19H,5-8H2,(H2,15,17). The van der Waals surface area contributed by atoms with Crippen LogP contribution in [0.15, 0.2) is 30.3 Å². The van der Waals surface area contributed by atoms with Gasteiger partial charge in [-0.3, -0.25) is 4.21 Å². The van der Waals surface area contributed by atoms with Gasteiger partial charge in [-0.25, -0.2) is 0 Å². The van der Waals surface area contributed by atoms with Crippen LogP contribution in [-0.4, -0.2) is 44.1 Å². The summed E-state index contributed by atoms with van der Waals surface area (Å²) in [4.78, 5) is 2.06. The van der Waals surface area contributed by atoms with E-state index in [1.807, 2.05) is 12.1 Å². The van der Waals surface area contributed by atoms with E-state index >= 15 is 0 Å². The lowest BCUT2D eigenvalue weighted by Crippen LogP contribution is -2.38. The Kier molecular flexibility index (Phi) is 3.74. The molecule has 110 valence electrons. The van der Waals surface area contributed by atoms with Crippen molar-refractivity contribution in [3.63, 3.8) is 0 Å². The van der Waals surface area contributed by atoms with Gasteiger partial charge in [0.2, 0.25) is 0 Å². The minimum Gasteiger partial charge on any atom is -0.507 e. The second-order valence-electron chi connectivity index (χ2n) is 4.85. The van der Waals surface area contributed by atoms with Gasteiger partial charge in [0.1, 0.15) is 5.75 Å². The quantitative estimate of drug-likeness (QED) is 0.860. The minimum atomic E-state index is -0.745. The fraction of sp³-hybridized carbons (Fsp3) is 0.286. The maximum Gasteiger partial charge on any atom is 0.169 e. The zero-order chi connectivity index (χ0) is 14.8. The maximum absolute atomic E-state index is 11.5. The molecule has 7 heteroatoms. The van der Waals surface area contributed by atoms with Crippen LogP contribution in [0.2, 0.25) is 0 Å². The third kappa shape index (κ3) is 2.82. The molecule has 3 rings (SSSR count). The summed E-state index contributed by atoms with van der Waals surface area (Å²) in [5, 5.41) is 18.0. The van der Waals surface area contributed by atoms with Crippen LogP contribution in [-0.2, 0) is 10.8 Å². The van der Waals surface area contributed by atoms with Crippen molar-refractivity contribution in [2.75, 3.05) is 35.2 Å². The first-order valence-corrected chi connectivity index (χ1v) is 8.15. The molecule has 0 radical (unpaired) electrons.